The lowest BCUT2D eigenvalue weighted by Crippen LogP contribution is -2.24. The van der Waals surface area contributed by atoms with Gasteiger partial charge in [0.2, 0.25) is 0 Å². The Morgan fingerprint density at radius 1 is 1.50 bits per heavy atom. The van der Waals surface area contributed by atoms with E-state index in [1.807, 2.05) is 0 Å². The highest BCUT2D eigenvalue weighted by Gasteiger charge is 2.23. The first kappa shape index (κ1) is 16.7. The van der Waals surface area contributed by atoms with E-state index in [0.717, 1.165) is 12.8 Å². The summed E-state index contributed by atoms with van der Waals surface area (Å²) in [5, 5.41) is 6.10. The van der Waals surface area contributed by atoms with Crippen LogP contribution in [-0.2, 0) is 4.79 Å². The maximum absolute atomic E-state index is 12.3. The molecule has 0 bridgehead atoms. The third-order valence-corrected chi connectivity index (χ3v) is 4.58. The van der Waals surface area contributed by atoms with Crippen molar-refractivity contribution in [2.75, 3.05) is 6.54 Å². The number of thiocarbonyl (C=S) groups is 1. The maximum Gasteiger partial charge on any atom is 0.263 e. The SMILES string of the molecule is CCCCNC(=O)c1cncc2cc(/C=C3/SC(=S)NC3=O)oc12. The van der Waals surface area contributed by atoms with Gasteiger partial charge >= 0.3 is 0 Å². The topological polar surface area (TPSA) is 84.2 Å². The van der Waals surface area contributed by atoms with Crippen molar-refractivity contribution < 1.29 is 14.0 Å². The molecule has 0 aromatic carbocycles. The van der Waals surface area contributed by atoms with E-state index in [9.17, 15) is 9.59 Å². The number of thioether (sulfide) groups is 1. The third kappa shape index (κ3) is 3.49. The van der Waals surface area contributed by atoms with Crippen molar-refractivity contribution in [3.8, 4) is 0 Å². The molecule has 0 unspecified atom stereocenters. The molecule has 0 spiro atoms. The van der Waals surface area contributed by atoms with Crippen LogP contribution in [0.15, 0.2) is 27.8 Å². The number of carbonyl (C=O) groups is 2. The van der Waals surface area contributed by atoms with E-state index in [-0.39, 0.29) is 11.8 Å². The average molecular weight is 361 g/mol. The molecule has 2 N–H and O–H groups in total. The van der Waals surface area contributed by atoms with Crippen LogP contribution in [0.3, 0.4) is 0 Å². The molecule has 0 atom stereocenters. The zero-order valence-corrected chi connectivity index (χ0v) is 14.6. The van der Waals surface area contributed by atoms with E-state index in [1.165, 1.54) is 18.0 Å². The number of nitrogens with one attached hydrogen (secondary N) is 2. The zero-order chi connectivity index (χ0) is 17.1. The molecule has 3 rings (SSSR count). The average Bonchev–Trinajstić information content (AvgIpc) is 3.09. The van der Waals surface area contributed by atoms with Gasteiger partial charge in [-0.15, -0.1) is 0 Å². The summed E-state index contributed by atoms with van der Waals surface area (Å²) in [7, 11) is 0. The van der Waals surface area contributed by atoms with Crippen LogP contribution in [0.5, 0.6) is 0 Å². The summed E-state index contributed by atoms with van der Waals surface area (Å²) in [5.41, 5.74) is 0.837. The Labute approximate surface area is 148 Å². The number of pyridine rings is 1. The van der Waals surface area contributed by atoms with Gasteiger partial charge in [0.25, 0.3) is 11.8 Å². The first-order valence-corrected chi connectivity index (χ1v) is 8.71. The van der Waals surface area contributed by atoms with Crippen molar-refractivity contribution in [2.24, 2.45) is 0 Å². The van der Waals surface area contributed by atoms with E-state index in [1.54, 1.807) is 18.3 Å². The van der Waals surface area contributed by atoms with Crippen LogP contribution < -0.4 is 10.6 Å². The third-order valence-electron chi connectivity index (χ3n) is 3.42. The first-order chi connectivity index (χ1) is 11.6. The molecular weight excluding hydrogens is 346 g/mol. The molecule has 6 nitrogen and oxygen atoms in total. The highest BCUT2D eigenvalue weighted by Crippen LogP contribution is 2.29. The highest BCUT2D eigenvalue weighted by atomic mass is 32.2. The number of unbranched alkanes of at least 4 members (excludes halogenated alkanes) is 1. The molecule has 24 heavy (non-hydrogen) atoms. The van der Waals surface area contributed by atoms with Gasteiger partial charge in [0, 0.05) is 30.4 Å². The predicted molar refractivity (Wildman–Crippen MR) is 97.6 cm³/mol. The van der Waals surface area contributed by atoms with Gasteiger partial charge in [-0.25, -0.2) is 0 Å². The van der Waals surface area contributed by atoms with Crippen molar-refractivity contribution in [3.63, 3.8) is 0 Å². The Morgan fingerprint density at radius 3 is 3.04 bits per heavy atom. The van der Waals surface area contributed by atoms with Gasteiger partial charge in [-0.2, -0.15) is 0 Å². The smallest absolute Gasteiger partial charge is 0.263 e. The van der Waals surface area contributed by atoms with E-state index in [0.29, 0.717) is 38.1 Å². The summed E-state index contributed by atoms with van der Waals surface area (Å²) in [6.45, 7) is 2.67. The molecule has 2 aromatic heterocycles. The maximum atomic E-state index is 12.3. The number of hydrogen-bond acceptors (Lipinski definition) is 6. The normalized spacial score (nSPS) is 16.0. The Hall–Kier alpha value is -2.19. The Morgan fingerprint density at radius 2 is 2.33 bits per heavy atom. The molecule has 1 aliphatic rings. The van der Waals surface area contributed by atoms with Crippen LogP contribution in [-0.4, -0.2) is 27.7 Å². The van der Waals surface area contributed by atoms with E-state index >= 15 is 0 Å². The summed E-state index contributed by atoms with van der Waals surface area (Å²) < 4.78 is 6.17. The van der Waals surface area contributed by atoms with Crippen LogP contribution >= 0.6 is 24.0 Å². The Kier molecular flexibility index (Phi) is 4.96. The van der Waals surface area contributed by atoms with E-state index in [2.05, 4.69) is 22.5 Å². The number of carbonyl (C=O) groups excluding carboxylic acids is 2. The summed E-state index contributed by atoms with van der Waals surface area (Å²) in [4.78, 5) is 28.5. The highest BCUT2D eigenvalue weighted by molar-refractivity contribution is 8.26. The van der Waals surface area contributed by atoms with Crippen LogP contribution in [0, 0.1) is 0 Å². The molecule has 0 aliphatic carbocycles. The number of fused-ring (bicyclic) bond motifs is 1. The lowest BCUT2D eigenvalue weighted by atomic mass is 10.2. The summed E-state index contributed by atoms with van der Waals surface area (Å²) in [5.74, 6) is 0.00772. The number of amides is 2. The van der Waals surface area contributed by atoms with Gasteiger partial charge in [0.1, 0.15) is 15.6 Å². The van der Waals surface area contributed by atoms with Gasteiger partial charge in [-0.1, -0.05) is 37.3 Å². The van der Waals surface area contributed by atoms with Crippen LogP contribution in [0.2, 0.25) is 0 Å². The fourth-order valence-electron chi connectivity index (χ4n) is 2.24. The second kappa shape index (κ2) is 7.14. The molecule has 124 valence electrons. The molecule has 3 heterocycles. The van der Waals surface area contributed by atoms with E-state index < -0.39 is 0 Å². The minimum absolute atomic E-state index is 0.218. The van der Waals surface area contributed by atoms with Gasteiger partial charge < -0.3 is 15.1 Å². The molecule has 0 saturated carbocycles. The van der Waals surface area contributed by atoms with Crippen molar-refractivity contribution in [1.82, 2.24) is 15.6 Å². The number of rotatable bonds is 5. The second-order valence-electron chi connectivity index (χ2n) is 5.22. The fourth-order valence-corrected chi connectivity index (χ4v) is 3.26. The lowest BCUT2D eigenvalue weighted by Gasteiger charge is -2.04. The second-order valence-corrected chi connectivity index (χ2v) is 6.93. The number of hydrogen-bond donors (Lipinski definition) is 2. The molecule has 1 fully saturated rings. The van der Waals surface area contributed by atoms with Crippen molar-refractivity contribution in [3.05, 3.63) is 34.7 Å². The van der Waals surface area contributed by atoms with Gasteiger partial charge in [0.05, 0.1) is 4.91 Å². The fraction of sp³-hybridized carbons (Fsp3) is 0.250. The predicted octanol–water partition coefficient (Wildman–Crippen LogP) is 2.85. The van der Waals surface area contributed by atoms with Crippen molar-refractivity contribution in [2.45, 2.75) is 19.8 Å². The minimum atomic E-state index is -0.249. The van der Waals surface area contributed by atoms with Gasteiger partial charge in [-0.05, 0) is 12.5 Å². The number of aromatic nitrogens is 1. The van der Waals surface area contributed by atoms with Crippen molar-refractivity contribution in [1.29, 1.82) is 0 Å². The molecule has 1 aliphatic heterocycles. The van der Waals surface area contributed by atoms with Crippen LogP contribution in [0.4, 0.5) is 0 Å². The van der Waals surface area contributed by atoms with Gasteiger partial charge in [0.15, 0.2) is 5.58 Å². The molecule has 2 amide bonds. The van der Waals surface area contributed by atoms with Crippen LogP contribution in [0.25, 0.3) is 17.0 Å². The Bertz CT molecular complexity index is 857. The molecule has 0 radical (unpaired) electrons. The quantitative estimate of drug-likeness (QED) is 0.484. The van der Waals surface area contributed by atoms with E-state index in [4.69, 9.17) is 16.6 Å². The molecule has 8 heteroatoms. The summed E-state index contributed by atoms with van der Waals surface area (Å²) in [6, 6.07) is 1.74. The molecular formula is C16H15N3O3S2. The number of furan rings is 1. The Balaban J connectivity index is 1.90. The summed E-state index contributed by atoms with van der Waals surface area (Å²) in [6.07, 6.45) is 6.63. The summed E-state index contributed by atoms with van der Waals surface area (Å²) >= 11 is 6.14. The van der Waals surface area contributed by atoms with Crippen molar-refractivity contribution >= 4 is 57.2 Å². The first-order valence-electron chi connectivity index (χ1n) is 7.49. The lowest BCUT2D eigenvalue weighted by molar-refractivity contribution is -0.115. The standard InChI is InChI=1S/C16H15N3O3S2/c1-2-3-4-18-14(20)11-8-17-7-9-5-10(22-13(9)11)6-12-15(21)19-16(23)24-12/h5-8H,2-4H2,1H3,(H,18,20)(H,19,21,23)/b12-6+. The minimum Gasteiger partial charge on any atom is -0.456 e. The van der Waals surface area contributed by atoms with Crippen LogP contribution in [0.1, 0.15) is 35.9 Å². The molecule has 2 aromatic rings. The number of nitrogens with zero attached hydrogens (tertiary/aromatic N) is 1. The monoisotopic (exact) mass is 361 g/mol. The van der Waals surface area contributed by atoms with Gasteiger partial charge in [-0.3, -0.25) is 14.6 Å². The largest absolute Gasteiger partial charge is 0.456 e. The molecule has 1 saturated heterocycles. The zero-order valence-electron chi connectivity index (χ0n) is 12.9.